The van der Waals surface area contributed by atoms with Gasteiger partial charge in [-0.1, -0.05) is 303 Å². The predicted molar refractivity (Wildman–Crippen MR) is 423 cm³/mol. The lowest BCUT2D eigenvalue weighted by molar-refractivity contribution is 1.07. The van der Waals surface area contributed by atoms with Crippen molar-refractivity contribution in [1.82, 2.24) is 29.9 Å². The van der Waals surface area contributed by atoms with Crippen LogP contribution in [0.25, 0.3) is 189 Å². The second-order valence-electron chi connectivity index (χ2n) is 26.0. The van der Waals surface area contributed by atoms with Crippen molar-refractivity contribution in [3.05, 3.63) is 363 Å². The Bertz CT molecular complexity index is 6420. The van der Waals surface area contributed by atoms with Crippen LogP contribution in [-0.4, -0.2) is 29.9 Å². The topological polar surface area (TPSA) is 125 Å². The first-order valence-electron chi connectivity index (χ1n) is 34.6. The van der Waals surface area contributed by atoms with E-state index in [9.17, 15) is 10.5 Å². The molecule has 8 heteroatoms. The van der Waals surface area contributed by atoms with Crippen LogP contribution >= 0.6 is 0 Å². The van der Waals surface area contributed by atoms with Gasteiger partial charge < -0.3 is 0 Å². The fourth-order valence-corrected chi connectivity index (χ4v) is 14.2. The third-order valence-electron chi connectivity index (χ3n) is 19.7. The van der Waals surface area contributed by atoms with Gasteiger partial charge in [0.15, 0.2) is 34.9 Å². The van der Waals surface area contributed by atoms with Crippen molar-refractivity contribution in [3.8, 4) is 158 Å². The number of nitrogens with zero attached hydrogens (tertiary/aromatic N) is 8. The van der Waals surface area contributed by atoms with E-state index >= 15 is 0 Å². The molecular weight excluding hydrogens is 1270 g/mol. The third-order valence-corrected chi connectivity index (χ3v) is 19.7. The molecule has 16 aromatic carbocycles. The quantitative estimate of drug-likeness (QED) is 0.112. The molecule has 0 saturated heterocycles. The number of aromatic nitrogens is 6. The summed E-state index contributed by atoms with van der Waals surface area (Å²) in [6.45, 7) is 0. The van der Waals surface area contributed by atoms with E-state index in [1.165, 1.54) is 38.1 Å². The average molecular weight is 1320 g/mol. The fourth-order valence-electron chi connectivity index (χ4n) is 14.2. The fraction of sp³-hybridized carbons (Fsp3) is 0. The Balaban J connectivity index is 0.590. The molecule has 0 radical (unpaired) electrons. The summed E-state index contributed by atoms with van der Waals surface area (Å²) >= 11 is 0. The van der Waals surface area contributed by atoms with E-state index in [1.54, 1.807) is 0 Å². The summed E-state index contributed by atoms with van der Waals surface area (Å²) in [5.41, 5.74) is 22.2. The van der Waals surface area contributed by atoms with E-state index in [0.29, 0.717) is 46.1 Å². The molecule has 0 atom stereocenters. The molecule has 0 bridgehead atoms. The largest absolute Gasteiger partial charge is 0.208 e. The van der Waals surface area contributed by atoms with Gasteiger partial charge in [0.2, 0.25) is 0 Å². The van der Waals surface area contributed by atoms with Gasteiger partial charge in [0, 0.05) is 33.4 Å². The van der Waals surface area contributed by atoms with Crippen molar-refractivity contribution in [2.45, 2.75) is 0 Å². The van der Waals surface area contributed by atoms with Gasteiger partial charge >= 0.3 is 0 Å². The maximum atomic E-state index is 9.42. The van der Waals surface area contributed by atoms with Crippen LogP contribution in [0.3, 0.4) is 0 Å². The molecule has 0 N–H and O–H groups in total. The van der Waals surface area contributed by atoms with Crippen molar-refractivity contribution < 1.29 is 0 Å². The highest BCUT2D eigenvalue weighted by Crippen LogP contribution is 2.41. The first kappa shape index (κ1) is 61.9. The van der Waals surface area contributed by atoms with Crippen LogP contribution in [-0.2, 0) is 0 Å². The minimum atomic E-state index is 0.579. The molecule has 0 aliphatic carbocycles. The maximum absolute atomic E-state index is 9.42. The molecule has 2 heterocycles. The summed E-state index contributed by atoms with van der Waals surface area (Å²) < 4.78 is 0. The lowest BCUT2D eigenvalue weighted by atomic mass is 9.91. The van der Waals surface area contributed by atoms with Gasteiger partial charge in [-0.05, 0) is 170 Å². The van der Waals surface area contributed by atoms with Crippen molar-refractivity contribution in [2.75, 3.05) is 0 Å². The van der Waals surface area contributed by atoms with Crippen molar-refractivity contribution in [3.63, 3.8) is 0 Å². The van der Waals surface area contributed by atoms with Crippen molar-refractivity contribution in [2.24, 2.45) is 0 Å². The average Bonchev–Trinajstić information content (AvgIpc) is 0.787. The van der Waals surface area contributed by atoms with E-state index in [1.807, 2.05) is 109 Å². The van der Waals surface area contributed by atoms with Gasteiger partial charge in [-0.15, -0.1) is 0 Å². The van der Waals surface area contributed by atoms with Crippen LogP contribution in [0, 0.1) is 22.7 Å². The molecule has 0 aliphatic rings. The molecule has 18 aromatic rings. The van der Waals surface area contributed by atoms with Gasteiger partial charge in [-0.3, -0.25) is 0 Å². The lowest BCUT2D eigenvalue weighted by Crippen LogP contribution is -2.00. The number of fused-ring (bicyclic) bond motifs is 4. The Morgan fingerprint density at radius 3 is 0.712 bits per heavy atom. The van der Waals surface area contributed by atoms with Crippen LogP contribution in [0.4, 0.5) is 0 Å². The standard InChI is InChI=1S/C96H58N8/c97-59-61-19-23-68(24-20-61)83-51-53-85(89-17-9-7-15-87(83)89)80-50-48-78-55-76(46-47-79(78)56-80)65-31-41-74(42-32-65)95-101-91(70-11-3-1-4-12-70)99-93(103-95)72-37-27-63(28-38-72)64-29-39-73(40-30-64)94-100-92(71-13-5-2-6-14-71)102-96(104-94)75-43-33-66(34-44-75)77-45-35-67-36-49-81(58-82(67)57-77)86-54-52-84(88-16-8-10-18-90(86)88)69-25-21-62(60-98)22-26-69/h1-58H. The molecular formula is C96H58N8. The zero-order valence-electron chi connectivity index (χ0n) is 56.1. The van der Waals surface area contributed by atoms with Crippen LogP contribution < -0.4 is 0 Å². The molecule has 104 heavy (non-hydrogen) atoms. The molecule has 0 amide bonds. The number of nitriles is 2. The molecule has 0 saturated carbocycles. The lowest BCUT2D eigenvalue weighted by Gasteiger charge is -2.13. The van der Waals surface area contributed by atoms with Crippen molar-refractivity contribution in [1.29, 1.82) is 10.5 Å². The summed E-state index contributed by atoms with van der Waals surface area (Å²) in [5.74, 6) is 3.52. The van der Waals surface area contributed by atoms with Crippen molar-refractivity contribution >= 4 is 43.1 Å². The smallest absolute Gasteiger partial charge is 0.164 e. The molecule has 0 fully saturated rings. The highest BCUT2D eigenvalue weighted by Gasteiger charge is 2.19. The van der Waals surface area contributed by atoms with Crippen LogP contribution in [0.15, 0.2) is 352 Å². The van der Waals surface area contributed by atoms with Crippen LogP contribution in [0.1, 0.15) is 11.1 Å². The highest BCUT2D eigenvalue weighted by atomic mass is 15.0. The summed E-state index contributed by atoms with van der Waals surface area (Å²) in [5, 5.41) is 28.1. The Morgan fingerprint density at radius 2 is 0.385 bits per heavy atom. The zero-order valence-corrected chi connectivity index (χ0v) is 56.1. The number of hydrogen-bond acceptors (Lipinski definition) is 8. The molecule has 0 unspecified atom stereocenters. The first-order valence-corrected chi connectivity index (χ1v) is 34.6. The van der Waals surface area contributed by atoms with E-state index in [4.69, 9.17) is 29.9 Å². The third kappa shape index (κ3) is 12.0. The second kappa shape index (κ2) is 26.7. The number of rotatable bonds is 13. The Morgan fingerprint density at radius 1 is 0.163 bits per heavy atom. The normalized spacial score (nSPS) is 11.2. The zero-order chi connectivity index (χ0) is 69.5. The summed E-state index contributed by atoms with van der Waals surface area (Å²) in [6.07, 6.45) is 0. The monoisotopic (exact) mass is 1320 g/mol. The molecule has 2 aromatic heterocycles. The highest BCUT2D eigenvalue weighted by molar-refractivity contribution is 6.08. The number of benzene rings is 16. The number of hydrogen-bond donors (Lipinski definition) is 0. The van der Waals surface area contributed by atoms with Crippen LogP contribution in [0.5, 0.6) is 0 Å². The van der Waals surface area contributed by atoms with E-state index in [2.05, 4.69) is 255 Å². The molecule has 0 spiro atoms. The Hall–Kier alpha value is -14.4. The van der Waals surface area contributed by atoms with Gasteiger partial charge in [-0.2, -0.15) is 10.5 Å². The van der Waals surface area contributed by atoms with Gasteiger partial charge in [0.05, 0.1) is 23.3 Å². The molecule has 18 rings (SSSR count). The second-order valence-corrected chi connectivity index (χ2v) is 26.0. The Kier molecular flexibility index (Phi) is 15.9. The SMILES string of the molecule is N#Cc1ccc(-c2ccc(-c3ccc4cc(-c5ccc(-c6nc(-c7ccccc7)nc(-c7ccc(-c8ccc(-c9nc(-c%10ccccc%10)nc(-c%10ccc(-c%11ccc%12ccc(-c%13ccc(-c%14ccc(C#N)cc%14)c%14ccccc%13%14)cc%12c%11)cc%10)n9)cc8)cc7)n6)cc5)ccc4c3)c3ccccc23)cc1. The minimum absolute atomic E-state index is 0.579. The van der Waals surface area contributed by atoms with Gasteiger partial charge in [-0.25, -0.2) is 29.9 Å². The minimum Gasteiger partial charge on any atom is -0.208 e. The predicted octanol–water partition coefficient (Wildman–Crippen LogP) is 24.1. The molecule has 482 valence electrons. The van der Waals surface area contributed by atoms with Gasteiger partial charge in [0.25, 0.3) is 0 Å². The molecule has 0 aliphatic heterocycles. The van der Waals surface area contributed by atoms with E-state index < -0.39 is 0 Å². The summed E-state index contributed by atoms with van der Waals surface area (Å²) in [7, 11) is 0. The first-order chi connectivity index (χ1) is 51.4. The summed E-state index contributed by atoms with van der Waals surface area (Å²) in [4.78, 5) is 30.5. The van der Waals surface area contributed by atoms with Crippen LogP contribution in [0.2, 0.25) is 0 Å². The maximum Gasteiger partial charge on any atom is 0.164 e. The molecule has 8 nitrogen and oxygen atoms in total. The van der Waals surface area contributed by atoms with E-state index in [-0.39, 0.29) is 0 Å². The summed E-state index contributed by atoms with van der Waals surface area (Å²) in [6, 6.07) is 127. The van der Waals surface area contributed by atoms with E-state index in [0.717, 1.165) is 116 Å². The Labute approximate surface area is 601 Å². The van der Waals surface area contributed by atoms with Gasteiger partial charge in [0.1, 0.15) is 0 Å².